The second-order valence-electron chi connectivity index (χ2n) is 10.0. The number of aromatic nitrogens is 4. The predicted octanol–water partition coefficient (Wildman–Crippen LogP) is 5.34. The summed E-state index contributed by atoms with van der Waals surface area (Å²) in [6.07, 6.45) is 10.9. The Morgan fingerprint density at radius 3 is 2.67 bits per heavy atom. The van der Waals surface area contributed by atoms with E-state index in [0.717, 1.165) is 53.4 Å². The number of nitrogens with one attached hydrogen (secondary N) is 2. The van der Waals surface area contributed by atoms with E-state index < -0.39 is 0 Å². The van der Waals surface area contributed by atoms with E-state index in [-0.39, 0.29) is 6.61 Å². The van der Waals surface area contributed by atoms with Crippen LogP contribution in [0.25, 0.3) is 16.6 Å². The van der Waals surface area contributed by atoms with Gasteiger partial charge in [-0.05, 0) is 92.0 Å². The molecule has 0 spiro atoms. The van der Waals surface area contributed by atoms with Gasteiger partial charge in [0, 0.05) is 37.4 Å². The molecule has 1 fully saturated rings. The van der Waals surface area contributed by atoms with Gasteiger partial charge < -0.3 is 14.4 Å². The zero-order valence-corrected chi connectivity index (χ0v) is 22.9. The van der Waals surface area contributed by atoms with Crippen molar-refractivity contribution in [2.75, 3.05) is 25.0 Å². The molecule has 0 atom stereocenters. The average Bonchev–Trinajstić information content (AvgIpc) is 3.64. The lowest BCUT2D eigenvalue weighted by molar-refractivity contribution is -0.363. The number of aliphatic hydroxyl groups excluding tert-OH is 1. The number of pyridine rings is 1. The molecule has 0 saturated carbocycles. The Bertz CT molecular complexity index is 1600. The van der Waals surface area contributed by atoms with E-state index in [1.807, 2.05) is 42.5 Å². The number of aliphatic hydroxyl groups is 1. The number of benzene rings is 2. The SMILES string of the molecule is OCCc1cn(-c2ccc3nc[nH+]c(Nc4ccc(OCc5ccccn5)c(Cl)c4)c3c2)cc1CN1CCCC1. The fourth-order valence-electron chi connectivity index (χ4n) is 5.18. The van der Waals surface area contributed by atoms with Crippen LogP contribution in [-0.4, -0.2) is 44.2 Å². The molecule has 8 nitrogen and oxygen atoms in total. The monoisotopic (exact) mass is 555 g/mol. The molecule has 1 saturated heterocycles. The maximum Gasteiger partial charge on any atom is 0.234 e. The number of likely N-dealkylation sites (tertiary alicyclic amines) is 1. The molecule has 0 aliphatic carbocycles. The van der Waals surface area contributed by atoms with Crippen LogP contribution in [0.3, 0.4) is 0 Å². The van der Waals surface area contributed by atoms with Crippen molar-refractivity contribution in [3.8, 4) is 11.4 Å². The molecule has 0 bridgehead atoms. The molecule has 1 aliphatic rings. The van der Waals surface area contributed by atoms with Gasteiger partial charge in [0.1, 0.15) is 12.4 Å². The van der Waals surface area contributed by atoms with Crippen LogP contribution in [0, 0.1) is 0 Å². The second kappa shape index (κ2) is 12.0. The first-order valence-corrected chi connectivity index (χ1v) is 14.0. The minimum absolute atomic E-state index is 0.136. The molecule has 204 valence electrons. The van der Waals surface area contributed by atoms with Crippen molar-refractivity contribution in [3.05, 3.63) is 101 Å². The van der Waals surface area contributed by atoms with Crippen LogP contribution >= 0.6 is 11.6 Å². The van der Waals surface area contributed by atoms with Crippen LogP contribution in [0.2, 0.25) is 5.02 Å². The maximum atomic E-state index is 9.66. The van der Waals surface area contributed by atoms with Crippen LogP contribution in [0.5, 0.6) is 5.75 Å². The first-order chi connectivity index (χ1) is 19.7. The van der Waals surface area contributed by atoms with E-state index in [2.05, 4.69) is 54.3 Å². The standard InChI is InChI=1S/C31H31ClN6O2/c32-28-15-24(6-9-30(28)40-20-25-5-1-2-11-33-25)36-31-27-16-26(7-8-29(27)34-21-35-31)38-18-22(10-14-39)23(19-38)17-37-12-3-4-13-37/h1-2,5-9,11,15-16,18-19,21,39H,3-4,10,12-14,17,20H2,(H,34,35,36)/p+1. The molecule has 3 N–H and O–H groups in total. The number of hydrogen-bond acceptors (Lipinski definition) is 6. The van der Waals surface area contributed by atoms with Crippen LogP contribution in [0.4, 0.5) is 11.5 Å². The summed E-state index contributed by atoms with van der Waals surface area (Å²) in [4.78, 5) is 14.6. The van der Waals surface area contributed by atoms with Gasteiger partial charge in [-0.25, -0.2) is 4.98 Å². The molecule has 9 heteroatoms. The Morgan fingerprint density at radius 2 is 1.88 bits per heavy atom. The highest BCUT2D eigenvalue weighted by Gasteiger charge is 2.17. The van der Waals surface area contributed by atoms with Gasteiger partial charge in [-0.15, -0.1) is 4.98 Å². The number of aromatic amines is 1. The average molecular weight is 556 g/mol. The normalized spacial score (nSPS) is 13.7. The lowest BCUT2D eigenvalue weighted by atomic mass is 10.1. The number of ether oxygens (including phenoxy) is 1. The number of anilines is 2. The summed E-state index contributed by atoms with van der Waals surface area (Å²) in [5, 5.41) is 14.6. The molecule has 0 amide bonds. The highest BCUT2D eigenvalue weighted by atomic mass is 35.5. The lowest BCUT2D eigenvalue weighted by Crippen LogP contribution is -2.18. The Hall–Kier alpha value is -3.98. The van der Waals surface area contributed by atoms with Crippen molar-refractivity contribution >= 4 is 34.0 Å². The molecular weight excluding hydrogens is 524 g/mol. The van der Waals surface area contributed by atoms with Crippen LogP contribution < -0.4 is 15.0 Å². The number of fused-ring (bicyclic) bond motifs is 1. The molecule has 1 aliphatic heterocycles. The van der Waals surface area contributed by atoms with Gasteiger partial charge in [0.05, 0.1) is 21.8 Å². The predicted molar refractivity (Wildman–Crippen MR) is 156 cm³/mol. The molecule has 4 heterocycles. The smallest absolute Gasteiger partial charge is 0.234 e. The van der Waals surface area contributed by atoms with Crippen molar-refractivity contribution < 1.29 is 14.8 Å². The minimum Gasteiger partial charge on any atom is -0.486 e. The van der Waals surface area contributed by atoms with E-state index in [4.69, 9.17) is 16.3 Å². The Morgan fingerprint density at radius 1 is 1.00 bits per heavy atom. The number of hydrogen-bond donors (Lipinski definition) is 2. The summed E-state index contributed by atoms with van der Waals surface area (Å²) in [7, 11) is 0. The minimum atomic E-state index is 0.136. The van der Waals surface area contributed by atoms with Gasteiger partial charge in [-0.1, -0.05) is 17.7 Å². The van der Waals surface area contributed by atoms with E-state index >= 15 is 0 Å². The third kappa shape index (κ3) is 5.94. The Labute approximate surface area is 238 Å². The zero-order chi connectivity index (χ0) is 27.3. The summed E-state index contributed by atoms with van der Waals surface area (Å²) >= 11 is 6.56. The molecular formula is C31H32ClN6O2+. The summed E-state index contributed by atoms with van der Waals surface area (Å²) in [6.45, 7) is 3.67. The molecule has 0 unspecified atom stereocenters. The molecule has 0 radical (unpaired) electrons. The topological polar surface area (TPSA) is 89.6 Å². The first-order valence-electron chi connectivity index (χ1n) is 13.6. The maximum absolute atomic E-state index is 9.66. The van der Waals surface area contributed by atoms with Crippen molar-refractivity contribution in [3.63, 3.8) is 0 Å². The molecule has 5 aromatic rings. The quantitative estimate of drug-likeness (QED) is 0.242. The van der Waals surface area contributed by atoms with Gasteiger partial charge in [-0.2, -0.15) is 0 Å². The van der Waals surface area contributed by atoms with Crippen LogP contribution in [0.15, 0.2) is 79.5 Å². The van der Waals surface area contributed by atoms with Crippen molar-refractivity contribution in [1.82, 2.24) is 19.4 Å². The lowest BCUT2D eigenvalue weighted by Gasteiger charge is -2.14. The fraction of sp³-hybridized carbons (Fsp3) is 0.258. The van der Waals surface area contributed by atoms with Crippen LogP contribution in [0.1, 0.15) is 29.7 Å². The third-order valence-electron chi connectivity index (χ3n) is 7.24. The molecule has 3 aromatic heterocycles. The van der Waals surface area contributed by atoms with E-state index in [0.29, 0.717) is 23.8 Å². The number of H-pyrrole nitrogens is 1. The van der Waals surface area contributed by atoms with Gasteiger partial charge >= 0.3 is 0 Å². The van der Waals surface area contributed by atoms with Gasteiger partial charge in [0.2, 0.25) is 12.1 Å². The van der Waals surface area contributed by atoms with Gasteiger partial charge in [-0.3, -0.25) is 15.2 Å². The number of nitrogens with zero attached hydrogens (tertiary/aromatic N) is 4. The van der Waals surface area contributed by atoms with Crippen LogP contribution in [-0.2, 0) is 19.6 Å². The van der Waals surface area contributed by atoms with E-state index in [1.165, 1.54) is 24.0 Å². The highest BCUT2D eigenvalue weighted by Crippen LogP contribution is 2.31. The Kier molecular flexibility index (Phi) is 7.90. The fourth-order valence-corrected chi connectivity index (χ4v) is 5.41. The molecule has 2 aromatic carbocycles. The zero-order valence-electron chi connectivity index (χ0n) is 22.2. The third-order valence-corrected chi connectivity index (χ3v) is 7.53. The summed E-state index contributed by atoms with van der Waals surface area (Å²) in [6, 6.07) is 17.6. The van der Waals surface area contributed by atoms with E-state index in [9.17, 15) is 5.11 Å². The Balaban J connectivity index is 1.24. The van der Waals surface area contributed by atoms with Gasteiger partial charge in [0.25, 0.3) is 0 Å². The van der Waals surface area contributed by atoms with Crippen molar-refractivity contribution in [2.45, 2.75) is 32.4 Å². The van der Waals surface area contributed by atoms with E-state index in [1.54, 1.807) is 12.5 Å². The van der Waals surface area contributed by atoms with Crippen molar-refractivity contribution in [1.29, 1.82) is 0 Å². The van der Waals surface area contributed by atoms with Gasteiger partial charge in [0.15, 0.2) is 5.52 Å². The number of halogens is 1. The summed E-state index contributed by atoms with van der Waals surface area (Å²) < 4.78 is 8.02. The molecule has 40 heavy (non-hydrogen) atoms. The first kappa shape index (κ1) is 26.3. The summed E-state index contributed by atoms with van der Waals surface area (Å²) in [5.41, 5.74) is 6.01. The second-order valence-corrected chi connectivity index (χ2v) is 10.4. The summed E-state index contributed by atoms with van der Waals surface area (Å²) in [5.74, 6) is 1.41. The number of rotatable bonds is 10. The van der Waals surface area contributed by atoms with Crippen molar-refractivity contribution in [2.24, 2.45) is 0 Å². The highest BCUT2D eigenvalue weighted by molar-refractivity contribution is 6.32. The largest absolute Gasteiger partial charge is 0.486 e. The molecule has 6 rings (SSSR count).